The molecule has 3 N–H and O–H groups in total. The van der Waals surface area contributed by atoms with Crippen molar-refractivity contribution in [3.05, 3.63) is 71.4 Å². The molecule has 4 rings (SSSR count). The quantitative estimate of drug-likeness (QED) is 0.363. The third-order valence-electron chi connectivity index (χ3n) is 6.59. The summed E-state index contributed by atoms with van der Waals surface area (Å²) in [5.74, 6) is -1.13. The number of fused-ring (bicyclic) bond motifs is 1. The topological polar surface area (TPSA) is 128 Å². The Hall–Kier alpha value is -3.68. The predicted octanol–water partition coefficient (Wildman–Crippen LogP) is 4.07. The zero-order valence-corrected chi connectivity index (χ0v) is 23.8. The fourth-order valence-electron chi connectivity index (χ4n) is 4.26. The Morgan fingerprint density at radius 1 is 1.23 bits per heavy atom. The summed E-state index contributed by atoms with van der Waals surface area (Å²) in [5, 5.41) is 14.2. The molecular formula is C27H31FN4O6S2. The lowest BCUT2D eigenvalue weighted by atomic mass is 9.99. The van der Waals surface area contributed by atoms with E-state index in [1.54, 1.807) is 31.5 Å². The minimum Gasteiger partial charge on any atom is -0.485 e. The Morgan fingerprint density at radius 3 is 2.60 bits per heavy atom. The minimum absolute atomic E-state index is 0.0339. The number of benzene rings is 2. The molecule has 1 aliphatic heterocycles. The van der Waals surface area contributed by atoms with E-state index in [1.165, 1.54) is 52.3 Å². The molecule has 3 amide bonds. The number of para-hydroxylation sites is 1. The van der Waals surface area contributed by atoms with Crippen molar-refractivity contribution < 1.29 is 32.2 Å². The van der Waals surface area contributed by atoms with Crippen LogP contribution in [0.2, 0.25) is 0 Å². The van der Waals surface area contributed by atoms with Crippen LogP contribution in [0.5, 0.6) is 5.75 Å². The van der Waals surface area contributed by atoms with Crippen LogP contribution in [0.15, 0.2) is 64.2 Å². The number of nitrogens with one attached hydrogen (secondary N) is 2. The van der Waals surface area contributed by atoms with Gasteiger partial charge >= 0.3 is 6.03 Å². The zero-order valence-electron chi connectivity index (χ0n) is 22.2. The van der Waals surface area contributed by atoms with Gasteiger partial charge in [-0.25, -0.2) is 17.6 Å². The van der Waals surface area contributed by atoms with Crippen molar-refractivity contribution in [1.29, 1.82) is 0 Å². The van der Waals surface area contributed by atoms with Crippen LogP contribution in [0.25, 0.3) is 0 Å². The van der Waals surface area contributed by atoms with Gasteiger partial charge in [-0.05, 0) is 54.8 Å². The number of anilines is 2. The Morgan fingerprint density at radius 2 is 1.95 bits per heavy atom. The largest absolute Gasteiger partial charge is 0.485 e. The molecule has 0 spiro atoms. The molecule has 2 heterocycles. The first-order valence-electron chi connectivity index (χ1n) is 12.6. The van der Waals surface area contributed by atoms with Crippen molar-refractivity contribution in [2.24, 2.45) is 5.92 Å². The van der Waals surface area contributed by atoms with Gasteiger partial charge in [0.25, 0.3) is 15.9 Å². The van der Waals surface area contributed by atoms with Crippen molar-refractivity contribution in [2.45, 2.75) is 30.2 Å². The number of hydrogen-bond donors (Lipinski definition) is 3. The smallest absolute Gasteiger partial charge is 0.321 e. The third-order valence-corrected chi connectivity index (χ3v) is 9.35. The summed E-state index contributed by atoms with van der Waals surface area (Å²) >= 11 is 1.05. The molecule has 0 fully saturated rings. The van der Waals surface area contributed by atoms with Crippen molar-refractivity contribution in [3.8, 4) is 5.75 Å². The van der Waals surface area contributed by atoms with Crippen LogP contribution in [0, 0.1) is 11.7 Å². The lowest BCUT2D eigenvalue weighted by Crippen LogP contribution is -2.50. The lowest BCUT2D eigenvalue weighted by molar-refractivity contribution is 0.0373. The number of nitrogens with zero attached hydrogens (tertiary/aromatic N) is 2. The summed E-state index contributed by atoms with van der Waals surface area (Å²) in [6, 6.07) is 12.1. The van der Waals surface area contributed by atoms with E-state index in [-0.39, 0.29) is 46.8 Å². The molecule has 0 radical (unpaired) electrons. The van der Waals surface area contributed by atoms with Crippen LogP contribution in [0.3, 0.4) is 0 Å². The van der Waals surface area contributed by atoms with Crippen LogP contribution in [-0.2, 0) is 10.0 Å². The van der Waals surface area contributed by atoms with E-state index in [0.29, 0.717) is 5.69 Å². The number of halogens is 1. The Bertz CT molecular complexity index is 1450. The highest BCUT2D eigenvalue weighted by molar-refractivity contribution is 7.94. The third kappa shape index (κ3) is 6.54. The van der Waals surface area contributed by atoms with Gasteiger partial charge in [-0.15, -0.1) is 11.3 Å². The van der Waals surface area contributed by atoms with E-state index in [0.717, 1.165) is 11.3 Å². The second kappa shape index (κ2) is 12.2. The van der Waals surface area contributed by atoms with Gasteiger partial charge in [0.05, 0.1) is 30.4 Å². The normalized spacial score (nSPS) is 18.1. The Kier molecular flexibility index (Phi) is 8.96. The molecule has 0 unspecified atom stereocenters. The Labute approximate surface area is 236 Å². The molecule has 0 saturated heterocycles. The van der Waals surface area contributed by atoms with Gasteiger partial charge in [0.2, 0.25) is 0 Å². The number of sulfonamides is 1. The van der Waals surface area contributed by atoms with Crippen LogP contribution >= 0.6 is 11.3 Å². The van der Waals surface area contributed by atoms with Gasteiger partial charge in [-0.1, -0.05) is 19.1 Å². The SMILES string of the molecule is C[C@@H]1CN([C@H](C)CO)C(=O)c2cccc(NS(=O)(=O)c3cccs3)c2O[C@H]1CN(C)C(=O)Nc1ccc(F)cc1. The number of amides is 3. The molecule has 2 aromatic carbocycles. The fraction of sp³-hybridized carbons (Fsp3) is 0.333. The van der Waals surface area contributed by atoms with Crippen molar-refractivity contribution in [2.75, 3.05) is 36.8 Å². The maximum atomic E-state index is 13.6. The summed E-state index contributed by atoms with van der Waals surface area (Å²) in [6.07, 6.45) is -0.670. The molecule has 0 bridgehead atoms. The molecule has 0 aliphatic carbocycles. The second-order valence-corrected chi connectivity index (χ2v) is 12.5. The highest BCUT2D eigenvalue weighted by Gasteiger charge is 2.35. The standard InChI is InChI=1S/C27H31FN4O6S2/c1-17-14-32(18(2)16-33)26(34)21-6-4-7-22(30-40(36,37)24-8-5-13-39-24)25(21)38-23(17)15-31(3)27(35)29-20-11-9-19(28)10-12-20/h4-13,17-18,23,30,33H,14-16H2,1-3H3,(H,29,35)/t17-,18-,23+/m1/s1. The maximum absolute atomic E-state index is 13.6. The van der Waals surface area contributed by atoms with Crippen molar-refractivity contribution in [3.63, 3.8) is 0 Å². The van der Waals surface area contributed by atoms with Gasteiger partial charge in [0, 0.05) is 25.2 Å². The predicted molar refractivity (Wildman–Crippen MR) is 151 cm³/mol. The highest BCUT2D eigenvalue weighted by atomic mass is 32.2. The van der Waals surface area contributed by atoms with E-state index in [4.69, 9.17) is 4.74 Å². The van der Waals surface area contributed by atoms with E-state index in [1.807, 2.05) is 6.92 Å². The average Bonchev–Trinajstić information content (AvgIpc) is 3.48. The van der Waals surface area contributed by atoms with Crippen LogP contribution in [0.1, 0.15) is 24.2 Å². The van der Waals surface area contributed by atoms with Crippen LogP contribution < -0.4 is 14.8 Å². The molecule has 1 aliphatic rings. The number of carbonyl (C=O) groups is 2. The summed E-state index contributed by atoms with van der Waals surface area (Å²) in [6.45, 7) is 3.60. The molecule has 10 nitrogen and oxygen atoms in total. The van der Waals surface area contributed by atoms with Gasteiger partial charge in [-0.3, -0.25) is 9.52 Å². The zero-order chi connectivity index (χ0) is 29.0. The summed E-state index contributed by atoms with van der Waals surface area (Å²) in [4.78, 5) is 29.4. The Balaban J connectivity index is 1.67. The first-order chi connectivity index (χ1) is 19.0. The molecule has 3 aromatic rings. The molecule has 214 valence electrons. The lowest BCUT2D eigenvalue weighted by Gasteiger charge is -2.38. The number of aliphatic hydroxyl groups is 1. The number of carbonyl (C=O) groups excluding carboxylic acids is 2. The number of aliphatic hydroxyl groups excluding tert-OH is 1. The highest BCUT2D eigenvalue weighted by Crippen LogP contribution is 2.36. The minimum atomic E-state index is -3.96. The maximum Gasteiger partial charge on any atom is 0.321 e. The van der Waals surface area contributed by atoms with Crippen molar-refractivity contribution >= 4 is 44.7 Å². The van der Waals surface area contributed by atoms with Gasteiger partial charge in [-0.2, -0.15) is 0 Å². The van der Waals surface area contributed by atoms with E-state index < -0.39 is 39.9 Å². The number of likely N-dealkylation sites (N-methyl/N-ethyl adjacent to an activating group) is 1. The molecule has 13 heteroatoms. The number of ether oxygens (including phenoxy) is 1. The first-order valence-corrected chi connectivity index (χ1v) is 14.9. The molecule has 1 aromatic heterocycles. The second-order valence-electron chi connectivity index (χ2n) is 9.66. The fourth-order valence-corrected chi connectivity index (χ4v) is 6.31. The van der Waals surface area contributed by atoms with Gasteiger partial charge in [0.1, 0.15) is 16.1 Å². The summed E-state index contributed by atoms with van der Waals surface area (Å²) in [5.41, 5.74) is 0.615. The van der Waals surface area contributed by atoms with Gasteiger partial charge in [0.15, 0.2) is 5.75 Å². The van der Waals surface area contributed by atoms with E-state index in [9.17, 15) is 27.5 Å². The number of thiophene rings is 1. The molecule has 0 saturated carbocycles. The number of urea groups is 1. The number of hydrogen-bond acceptors (Lipinski definition) is 7. The molecule has 3 atom stereocenters. The summed E-state index contributed by atoms with van der Waals surface area (Å²) < 4.78 is 48.3. The molecular weight excluding hydrogens is 559 g/mol. The average molecular weight is 591 g/mol. The summed E-state index contributed by atoms with van der Waals surface area (Å²) in [7, 11) is -2.39. The van der Waals surface area contributed by atoms with Crippen LogP contribution in [0.4, 0.5) is 20.6 Å². The monoisotopic (exact) mass is 590 g/mol. The van der Waals surface area contributed by atoms with E-state index >= 15 is 0 Å². The molecule has 40 heavy (non-hydrogen) atoms. The first kappa shape index (κ1) is 29.3. The van der Waals surface area contributed by atoms with E-state index in [2.05, 4.69) is 10.0 Å². The van der Waals surface area contributed by atoms with Crippen LogP contribution in [-0.4, -0.2) is 74.2 Å². The van der Waals surface area contributed by atoms with Crippen molar-refractivity contribution in [1.82, 2.24) is 9.80 Å². The number of rotatable bonds is 8. The van der Waals surface area contributed by atoms with Gasteiger partial charge < -0.3 is 25.0 Å².